The molecule has 3 saturated heterocycles. The quantitative estimate of drug-likeness (QED) is 0.0684. The predicted octanol–water partition coefficient (Wildman–Crippen LogP) is 5.86. The highest BCUT2D eigenvalue weighted by Crippen LogP contribution is 2.31. The first kappa shape index (κ1) is 90.2. The maximum absolute atomic E-state index is 11.3. The van der Waals surface area contributed by atoms with Crippen molar-refractivity contribution in [2.24, 2.45) is 10.1 Å². The Bertz CT molecular complexity index is 4270. The summed E-state index contributed by atoms with van der Waals surface area (Å²) in [5, 5.41) is 5.82. The number of ketones is 3. The van der Waals surface area contributed by atoms with Crippen LogP contribution in [0, 0.1) is 0 Å². The highest BCUT2D eigenvalue weighted by molar-refractivity contribution is 8.00. The smallest absolute Gasteiger partial charge is 0.367 e. The van der Waals surface area contributed by atoms with Crippen LogP contribution in [0.1, 0.15) is 90.0 Å². The summed E-state index contributed by atoms with van der Waals surface area (Å²) in [4.78, 5) is 180. The summed E-state index contributed by atoms with van der Waals surface area (Å²) in [6, 6.07) is -0.959. The second-order valence-electron chi connectivity index (χ2n) is 23.4. The molecule has 10 rings (SSSR count). The molecule has 0 saturated carbocycles. The molecule has 560 valence electrons. The first-order valence-electron chi connectivity index (χ1n) is 30.1. The van der Waals surface area contributed by atoms with Crippen LogP contribution in [0.25, 0.3) is 0 Å². The van der Waals surface area contributed by atoms with Gasteiger partial charge in [0.1, 0.15) is 21.7 Å². The number of urea groups is 2. The number of oxime groups is 1. The number of amides is 11. The Morgan fingerprint density at radius 3 is 1.09 bits per heavy atom. The molecule has 0 N–H and O–H groups in total. The number of Topliss-reactive ketones (excluding diaryl/α,β-unsaturated/α-hetero) is 3. The average Bonchev–Trinajstić information content (AvgIpc) is 1.62. The molecule has 0 radical (unpaired) electrons. The van der Waals surface area contributed by atoms with Gasteiger partial charge in [0.05, 0.1) is 50.3 Å². The van der Waals surface area contributed by atoms with Crippen molar-refractivity contribution in [3.8, 4) is 0 Å². The monoisotopic (exact) mass is 1480 g/mol. The molecule has 11 amide bonds. The van der Waals surface area contributed by atoms with E-state index in [0.29, 0.717) is 49.8 Å². The molecule has 0 aliphatic carbocycles. The fourth-order valence-electron chi connectivity index (χ4n) is 8.06. The lowest BCUT2D eigenvalue weighted by Gasteiger charge is -2.29. The van der Waals surface area contributed by atoms with Crippen molar-refractivity contribution in [1.82, 2.24) is 39.4 Å². The number of allylic oxidation sites excluding steroid dienone is 9. The van der Waals surface area contributed by atoms with Gasteiger partial charge in [-0.15, -0.1) is 0 Å². The van der Waals surface area contributed by atoms with E-state index < -0.39 is 62.1 Å². The molecule has 10 aliphatic rings. The van der Waals surface area contributed by atoms with Crippen molar-refractivity contribution in [2.45, 2.75) is 95.8 Å². The van der Waals surface area contributed by atoms with E-state index in [1.165, 1.54) is 92.0 Å². The van der Waals surface area contributed by atoms with Crippen LogP contribution in [0.4, 0.5) is 9.59 Å². The summed E-state index contributed by atoms with van der Waals surface area (Å²) in [6.45, 7) is 56.3. The third-order valence-corrected chi connectivity index (χ3v) is 19.9. The molecule has 0 spiro atoms. The minimum absolute atomic E-state index is 0.0110. The molecule has 32 nitrogen and oxygen atoms in total. The number of sulfone groups is 1. The van der Waals surface area contributed by atoms with E-state index in [2.05, 4.69) is 95.0 Å². The summed E-state index contributed by atoms with van der Waals surface area (Å²) in [7, 11) is 9.05. The van der Waals surface area contributed by atoms with E-state index in [9.17, 15) is 84.5 Å². The zero-order valence-corrected chi connectivity index (χ0v) is 64.0. The van der Waals surface area contributed by atoms with E-state index >= 15 is 0 Å². The van der Waals surface area contributed by atoms with Crippen LogP contribution in [0.3, 0.4) is 0 Å². The number of cyclic esters (lactones) is 2. The fourth-order valence-corrected chi connectivity index (χ4v) is 10.4. The van der Waals surface area contributed by atoms with Crippen LogP contribution < -0.4 is 0 Å². The Morgan fingerprint density at radius 2 is 0.865 bits per heavy atom. The molecular formula is C70H86N10O22S2. The number of aliphatic imine (C=N–C) groups is 1. The minimum Gasteiger partial charge on any atom is -0.480 e. The van der Waals surface area contributed by atoms with Crippen molar-refractivity contribution in [1.29, 1.82) is 0 Å². The Kier molecular flexibility index (Phi) is 30.9. The second kappa shape index (κ2) is 35.7. The van der Waals surface area contributed by atoms with Crippen LogP contribution in [0.5, 0.6) is 0 Å². The van der Waals surface area contributed by atoms with E-state index in [1.54, 1.807) is 46.6 Å². The Balaban J connectivity index is 0.000000579. The zero-order chi connectivity index (χ0) is 81.8. The van der Waals surface area contributed by atoms with Crippen LogP contribution >= 0.6 is 0 Å². The van der Waals surface area contributed by atoms with Gasteiger partial charge in [0.25, 0.3) is 47.1 Å². The molecule has 1 unspecified atom stereocenters. The largest absolute Gasteiger partial charge is 0.480 e. The number of rotatable bonds is 0. The maximum Gasteiger partial charge on any atom is 0.367 e. The van der Waals surface area contributed by atoms with Crippen LogP contribution in [0.2, 0.25) is 0 Å². The van der Waals surface area contributed by atoms with Gasteiger partial charge in [-0.3, -0.25) is 77.6 Å². The molecule has 34 heteroatoms. The van der Waals surface area contributed by atoms with Crippen LogP contribution in [-0.4, -0.2) is 222 Å². The second-order valence-corrected chi connectivity index (χ2v) is 27.1. The van der Waals surface area contributed by atoms with E-state index in [-0.39, 0.29) is 102 Å². The SMILES string of the molecule is C=C1C(=O)C(C)=C(C)N1C.C=C1C(=O)C(C)=C(C)S1(=O)=O.C=C1C(=O)C(C)=C(C)S1=O.C=C1C(=O)N(C)C(=O)C(C)=C1C.C=C1C(=O)N(C)C(=O)N1C.C=C1C(=O)N(C)C(=O)N=C1OC.C=C1C(=O)N(C)C(C)=C1C.C=C1C(=O)N(C)N(C)C1=O.C=C1C(=O)OC(C)(C)OC1=O.C=C1C(=O)ON=C1C. The van der Waals surface area contributed by atoms with Crippen LogP contribution in [0.15, 0.2) is 185 Å². The molecule has 0 aromatic heterocycles. The highest BCUT2D eigenvalue weighted by atomic mass is 32.2. The van der Waals surface area contributed by atoms with Gasteiger partial charge in [0.2, 0.25) is 27.3 Å². The summed E-state index contributed by atoms with van der Waals surface area (Å²) in [5.74, 6) is -5.56. The number of nitrogens with zero attached hydrogens (tertiary/aromatic N) is 10. The van der Waals surface area contributed by atoms with Gasteiger partial charge >= 0.3 is 30.0 Å². The predicted molar refractivity (Wildman–Crippen MR) is 383 cm³/mol. The number of ether oxygens (including phenoxy) is 3. The molecule has 10 aliphatic heterocycles. The molecule has 10 heterocycles. The summed E-state index contributed by atoms with van der Waals surface area (Å²) >= 11 is 0. The maximum atomic E-state index is 11.3. The molecular weight excluding hydrogens is 1400 g/mol. The Labute approximate surface area is 605 Å². The minimum atomic E-state index is -3.47. The topological polar surface area (TPSA) is 395 Å². The molecule has 1 atom stereocenters. The Morgan fingerprint density at radius 1 is 0.423 bits per heavy atom. The van der Waals surface area contributed by atoms with Gasteiger partial charge in [0.15, 0.2) is 5.78 Å². The van der Waals surface area contributed by atoms with E-state index in [1.807, 2.05) is 39.6 Å². The van der Waals surface area contributed by atoms with Crippen molar-refractivity contribution in [2.75, 3.05) is 63.5 Å². The number of likely N-dealkylation sites (N-methyl/N-ethyl adjacent to an activating group) is 8. The fraction of sp³-hybridized carbons (Fsp3) is 0.329. The van der Waals surface area contributed by atoms with Gasteiger partial charge in [-0.25, -0.2) is 36.6 Å². The lowest BCUT2D eigenvalue weighted by molar-refractivity contribution is -0.222. The molecule has 3 fully saturated rings. The summed E-state index contributed by atoms with van der Waals surface area (Å²) < 4.78 is 47.4. The zero-order valence-electron chi connectivity index (χ0n) is 62.3. The number of hydrogen-bond donors (Lipinski definition) is 0. The average molecular weight is 1480 g/mol. The van der Waals surface area contributed by atoms with Gasteiger partial charge in [-0.2, -0.15) is 4.99 Å². The van der Waals surface area contributed by atoms with Gasteiger partial charge < -0.3 is 28.8 Å². The lowest BCUT2D eigenvalue weighted by Crippen LogP contribution is -2.41. The Hall–Kier alpha value is -11.8. The number of esters is 2. The highest BCUT2D eigenvalue weighted by Gasteiger charge is 2.39. The van der Waals surface area contributed by atoms with Crippen molar-refractivity contribution in [3.05, 3.63) is 175 Å². The van der Waals surface area contributed by atoms with E-state index in [0.717, 1.165) is 37.2 Å². The third kappa shape index (κ3) is 20.0. The summed E-state index contributed by atoms with van der Waals surface area (Å²) in [6.07, 6.45) is 0. The van der Waals surface area contributed by atoms with Gasteiger partial charge in [-0.1, -0.05) is 70.9 Å². The number of hydrogen-bond acceptors (Lipinski definition) is 24. The van der Waals surface area contributed by atoms with Gasteiger partial charge in [0, 0.05) is 120 Å². The molecule has 104 heavy (non-hydrogen) atoms. The first-order valence-corrected chi connectivity index (χ1v) is 32.7. The number of imide groups is 3. The normalized spacial score (nSPS) is 20.5. The van der Waals surface area contributed by atoms with Crippen molar-refractivity contribution < 1.29 is 104 Å². The molecule has 0 bridgehead atoms. The summed E-state index contributed by atoms with van der Waals surface area (Å²) in [5.41, 5.74) is 8.64. The number of carbonyl (C=O) groups is 15. The van der Waals surface area contributed by atoms with E-state index in [4.69, 9.17) is 0 Å². The molecule has 0 aromatic rings. The third-order valence-electron chi connectivity index (χ3n) is 16.5. The number of methoxy groups -OCH3 is 1. The van der Waals surface area contributed by atoms with Crippen LogP contribution in [-0.2, 0) is 102 Å². The first-order chi connectivity index (χ1) is 47.3. The van der Waals surface area contributed by atoms with Gasteiger partial charge in [-0.05, 0) is 87.3 Å². The number of hydrazine groups is 1. The standard InChI is InChI=1S/C9H11NO2.2C8H11NO.C7H8N2O3.C7H8O4.C7H8O3S.C7H8O2S.2C6H8N2O2.C5H5NO2/c1-5-6(2)8(11)10(4)9(12)7(5)3;1-5-6(2)9(4)7(3)8(5)10;1-5-6(2)8(10)9(4)7(5)3;1-4-5(12-3)8-7(11)9(2)6(4)10;1-4-5(8)10-7(2,3)11-6(4)9;1-4-5(2)11(9,10)6(3)7(4)8;1-4-5(2)10(9)6(3)7(4)8;1-4-5(9)8(3)6(10)7(4)2;1-4-5(9)7(2)8(3)6(4)10;1-3-4(2)6-8-5(3)7/h2H2,1,3-4H3;3H2,1-2,4H3;2H2,1,3-4H3;1H2,2-3H3;1H2,2-3H3;3H2,1-2H3;3H2,1-2H3;2*1H2,2-3H3;1H2,2H3. The van der Waals surface area contributed by atoms with Crippen molar-refractivity contribution >= 4 is 121 Å². The number of carbonyl (C=O) groups excluding carboxylic acids is 15. The lowest BCUT2D eigenvalue weighted by atomic mass is 9.98. The van der Waals surface area contributed by atoms with Crippen molar-refractivity contribution in [3.63, 3.8) is 0 Å². The molecule has 0 aromatic carbocycles.